The Bertz CT molecular complexity index is 323. The Labute approximate surface area is 95.8 Å². The van der Waals surface area contributed by atoms with E-state index in [0.717, 1.165) is 25.2 Å². The van der Waals surface area contributed by atoms with Crippen LogP contribution in [0.25, 0.3) is 0 Å². The van der Waals surface area contributed by atoms with E-state index >= 15 is 0 Å². The average molecular weight is 225 g/mol. The molecular formula is C12H17ClN2. The first-order valence-electron chi connectivity index (χ1n) is 5.60. The molecule has 1 unspecified atom stereocenters. The summed E-state index contributed by atoms with van der Waals surface area (Å²) < 4.78 is 0. The van der Waals surface area contributed by atoms with Gasteiger partial charge >= 0.3 is 0 Å². The van der Waals surface area contributed by atoms with Crippen LogP contribution in [0.3, 0.4) is 0 Å². The summed E-state index contributed by atoms with van der Waals surface area (Å²) in [6.45, 7) is 0. The Balaban J connectivity index is 1.73. The Morgan fingerprint density at radius 1 is 1.53 bits per heavy atom. The summed E-state index contributed by atoms with van der Waals surface area (Å²) in [4.78, 5) is 3.97. The van der Waals surface area contributed by atoms with Crippen molar-refractivity contribution < 1.29 is 0 Å². The van der Waals surface area contributed by atoms with Crippen molar-refractivity contribution in [3.8, 4) is 0 Å². The lowest BCUT2D eigenvalue weighted by Gasteiger charge is -2.07. The number of aromatic nitrogens is 1. The first-order chi connectivity index (χ1) is 7.25. The molecule has 0 amide bonds. The first-order valence-corrected chi connectivity index (χ1v) is 6.04. The summed E-state index contributed by atoms with van der Waals surface area (Å²) in [5.41, 5.74) is 6.88. The molecule has 1 aliphatic rings. The van der Waals surface area contributed by atoms with Gasteiger partial charge in [-0.3, -0.25) is 0 Å². The molecule has 1 atom stereocenters. The molecule has 0 radical (unpaired) electrons. The Morgan fingerprint density at radius 3 is 3.00 bits per heavy atom. The van der Waals surface area contributed by atoms with Gasteiger partial charge in [0.2, 0.25) is 0 Å². The smallest absolute Gasteiger partial charge is 0.123 e. The van der Waals surface area contributed by atoms with Crippen molar-refractivity contribution in [2.75, 3.05) is 5.73 Å². The number of anilines is 1. The van der Waals surface area contributed by atoms with Crippen LogP contribution in [0.1, 0.15) is 31.2 Å². The molecule has 1 aliphatic carbocycles. The third-order valence-corrected chi connectivity index (χ3v) is 3.50. The highest BCUT2D eigenvalue weighted by Gasteiger charge is 2.28. The van der Waals surface area contributed by atoms with Crippen LogP contribution in [-0.4, -0.2) is 10.4 Å². The van der Waals surface area contributed by atoms with Crippen LogP contribution < -0.4 is 5.73 Å². The number of alkyl halides is 1. The quantitative estimate of drug-likeness (QED) is 0.781. The van der Waals surface area contributed by atoms with Crippen LogP contribution in [-0.2, 0) is 6.42 Å². The summed E-state index contributed by atoms with van der Waals surface area (Å²) >= 11 is 6.24. The fourth-order valence-corrected chi connectivity index (χ4v) is 2.25. The van der Waals surface area contributed by atoms with E-state index in [1.165, 1.54) is 18.4 Å². The molecule has 0 spiro atoms. The number of halogens is 1. The van der Waals surface area contributed by atoms with Gasteiger partial charge in [0.05, 0.1) is 0 Å². The van der Waals surface area contributed by atoms with Crippen LogP contribution in [0.4, 0.5) is 5.82 Å². The van der Waals surface area contributed by atoms with Crippen molar-refractivity contribution in [3.05, 3.63) is 23.9 Å². The van der Waals surface area contributed by atoms with Crippen molar-refractivity contribution in [2.24, 2.45) is 5.92 Å². The molecule has 82 valence electrons. The van der Waals surface area contributed by atoms with Crippen molar-refractivity contribution in [1.29, 1.82) is 0 Å². The Morgan fingerprint density at radius 2 is 2.33 bits per heavy atom. The van der Waals surface area contributed by atoms with E-state index in [0.29, 0.717) is 11.2 Å². The van der Waals surface area contributed by atoms with E-state index < -0.39 is 0 Å². The molecule has 0 aliphatic heterocycles. The monoisotopic (exact) mass is 224 g/mol. The van der Waals surface area contributed by atoms with Gasteiger partial charge in [0.15, 0.2) is 0 Å². The lowest BCUT2D eigenvalue weighted by atomic mass is 10.1. The number of rotatable bonds is 5. The normalized spacial score (nSPS) is 17.7. The molecule has 1 aromatic heterocycles. The fraction of sp³-hybridized carbons (Fsp3) is 0.583. The lowest BCUT2D eigenvalue weighted by molar-refractivity contribution is 0.637. The first kappa shape index (κ1) is 10.7. The van der Waals surface area contributed by atoms with Gasteiger partial charge in [-0.1, -0.05) is 0 Å². The average Bonchev–Trinajstić information content (AvgIpc) is 3.00. The molecule has 0 saturated heterocycles. The van der Waals surface area contributed by atoms with Crippen LogP contribution in [0.5, 0.6) is 0 Å². The maximum Gasteiger partial charge on any atom is 0.123 e. The Kier molecular flexibility index (Phi) is 3.47. The second kappa shape index (κ2) is 4.84. The van der Waals surface area contributed by atoms with E-state index in [4.69, 9.17) is 17.3 Å². The number of hydrogen-bond acceptors (Lipinski definition) is 2. The zero-order valence-electron chi connectivity index (χ0n) is 8.82. The van der Waals surface area contributed by atoms with Gasteiger partial charge < -0.3 is 5.73 Å². The molecule has 2 rings (SSSR count). The minimum Gasteiger partial charge on any atom is -0.384 e. The van der Waals surface area contributed by atoms with Crippen LogP contribution in [0.2, 0.25) is 0 Å². The summed E-state index contributed by atoms with van der Waals surface area (Å²) in [7, 11) is 0. The number of hydrogen-bond donors (Lipinski definition) is 1. The number of aryl methyl sites for hydroxylation is 1. The molecule has 1 heterocycles. The second-order valence-corrected chi connectivity index (χ2v) is 4.90. The van der Waals surface area contributed by atoms with E-state index in [1.54, 1.807) is 6.20 Å². The van der Waals surface area contributed by atoms with Gasteiger partial charge in [-0.25, -0.2) is 4.98 Å². The molecule has 15 heavy (non-hydrogen) atoms. The molecule has 0 bridgehead atoms. The lowest BCUT2D eigenvalue weighted by Crippen LogP contribution is -2.02. The highest BCUT2D eigenvalue weighted by atomic mass is 35.5. The molecule has 2 N–H and O–H groups in total. The highest BCUT2D eigenvalue weighted by molar-refractivity contribution is 6.20. The molecule has 1 fully saturated rings. The zero-order chi connectivity index (χ0) is 10.7. The predicted molar refractivity (Wildman–Crippen MR) is 64.0 cm³/mol. The summed E-state index contributed by atoms with van der Waals surface area (Å²) in [5.74, 6) is 1.41. The fourth-order valence-electron chi connectivity index (χ4n) is 1.84. The topological polar surface area (TPSA) is 38.9 Å². The second-order valence-electron chi connectivity index (χ2n) is 4.33. The van der Waals surface area contributed by atoms with Gasteiger partial charge in [-0.15, -0.1) is 11.6 Å². The van der Waals surface area contributed by atoms with Gasteiger partial charge in [-0.2, -0.15) is 0 Å². The number of nitrogen functional groups attached to an aromatic ring is 1. The number of nitrogens with two attached hydrogens (primary N) is 1. The molecule has 1 aromatic rings. The maximum absolute atomic E-state index is 6.24. The van der Waals surface area contributed by atoms with Gasteiger partial charge in [0.25, 0.3) is 0 Å². The van der Waals surface area contributed by atoms with Crippen LogP contribution in [0, 0.1) is 5.92 Å². The summed E-state index contributed by atoms with van der Waals surface area (Å²) in [6, 6.07) is 3.97. The minimum absolute atomic E-state index is 0.393. The van der Waals surface area contributed by atoms with Crippen molar-refractivity contribution >= 4 is 17.4 Å². The predicted octanol–water partition coefficient (Wildman–Crippen LogP) is 3.00. The molecule has 0 aromatic carbocycles. The Hall–Kier alpha value is -0.760. The maximum atomic E-state index is 6.24. The SMILES string of the molecule is Nc1cc(CCCC(Cl)C2CC2)ccn1. The number of pyridine rings is 1. The van der Waals surface area contributed by atoms with E-state index in [9.17, 15) is 0 Å². The summed E-state index contributed by atoms with van der Waals surface area (Å²) in [6.07, 6.45) is 7.75. The van der Waals surface area contributed by atoms with Crippen molar-refractivity contribution in [2.45, 2.75) is 37.5 Å². The molecule has 2 nitrogen and oxygen atoms in total. The number of nitrogens with zero attached hydrogens (tertiary/aromatic N) is 1. The third-order valence-electron chi connectivity index (χ3n) is 2.92. The summed E-state index contributed by atoms with van der Waals surface area (Å²) in [5, 5.41) is 0.393. The van der Waals surface area contributed by atoms with Crippen molar-refractivity contribution in [1.82, 2.24) is 4.98 Å². The van der Waals surface area contributed by atoms with Crippen LogP contribution in [0.15, 0.2) is 18.3 Å². The minimum atomic E-state index is 0.393. The van der Waals surface area contributed by atoms with Crippen LogP contribution >= 0.6 is 11.6 Å². The van der Waals surface area contributed by atoms with Crippen molar-refractivity contribution in [3.63, 3.8) is 0 Å². The zero-order valence-corrected chi connectivity index (χ0v) is 9.58. The largest absolute Gasteiger partial charge is 0.384 e. The van der Waals surface area contributed by atoms with Gasteiger partial charge in [0.1, 0.15) is 5.82 Å². The molecule has 3 heteroatoms. The van der Waals surface area contributed by atoms with Gasteiger partial charge in [0, 0.05) is 11.6 Å². The standard InChI is InChI=1S/C12H17ClN2/c13-11(10-4-5-10)3-1-2-9-6-7-15-12(14)8-9/h6-8,10-11H,1-5H2,(H2,14,15). The highest BCUT2D eigenvalue weighted by Crippen LogP contribution is 2.37. The van der Waals surface area contributed by atoms with Gasteiger partial charge in [-0.05, 0) is 55.7 Å². The molecular weight excluding hydrogens is 208 g/mol. The molecule has 1 saturated carbocycles. The van der Waals surface area contributed by atoms with E-state index in [-0.39, 0.29) is 0 Å². The van der Waals surface area contributed by atoms with E-state index in [2.05, 4.69) is 4.98 Å². The van der Waals surface area contributed by atoms with E-state index in [1.807, 2.05) is 12.1 Å². The third kappa shape index (κ3) is 3.38.